The zero-order valence-electron chi connectivity index (χ0n) is 19.8. The summed E-state index contributed by atoms with van der Waals surface area (Å²) in [6.07, 6.45) is 3.77. The molecule has 33 heavy (non-hydrogen) atoms. The first kappa shape index (κ1) is 22.8. The molecule has 1 aromatic rings. The average Bonchev–Trinajstić information content (AvgIpc) is 2.73. The van der Waals surface area contributed by atoms with Gasteiger partial charge in [0.15, 0.2) is 0 Å². The molecule has 0 fully saturated rings. The minimum Gasteiger partial charge on any atom is -0.480 e. The first-order valence-corrected chi connectivity index (χ1v) is 11.2. The van der Waals surface area contributed by atoms with Crippen LogP contribution >= 0.6 is 0 Å². The lowest BCUT2D eigenvalue weighted by Gasteiger charge is -2.48. The van der Waals surface area contributed by atoms with Crippen LogP contribution in [0.15, 0.2) is 29.0 Å². The van der Waals surface area contributed by atoms with Crippen LogP contribution < -0.4 is 4.90 Å². The van der Waals surface area contributed by atoms with Crippen LogP contribution in [0.25, 0.3) is 10.9 Å². The Kier molecular flexibility index (Phi) is 5.24. The number of carbonyl (C=O) groups is 3. The zero-order chi connectivity index (χ0) is 24.3. The average molecular weight is 448 g/mol. The first-order valence-electron chi connectivity index (χ1n) is 11.2. The Morgan fingerprint density at radius 1 is 1.09 bits per heavy atom. The van der Waals surface area contributed by atoms with Crippen LogP contribution in [0.2, 0.25) is 0 Å². The lowest BCUT2D eigenvalue weighted by molar-refractivity contribution is -0.149. The summed E-state index contributed by atoms with van der Waals surface area (Å²) < 4.78 is 0. The number of rotatable bonds is 3. The van der Waals surface area contributed by atoms with Gasteiger partial charge in [-0.2, -0.15) is 0 Å². The molecule has 4 rings (SSSR count). The van der Waals surface area contributed by atoms with Crippen LogP contribution in [-0.2, 0) is 25.2 Å². The number of carboxylic acids is 1. The van der Waals surface area contributed by atoms with Crippen LogP contribution in [-0.4, -0.2) is 47.4 Å². The smallest absolute Gasteiger partial charge is 0.323 e. The highest BCUT2D eigenvalue weighted by molar-refractivity contribution is 6.19. The number of anilines is 1. The van der Waals surface area contributed by atoms with Gasteiger partial charge < -0.3 is 10.0 Å². The van der Waals surface area contributed by atoms with Crippen molar-refractivity contribution in [3.05, 3.63) is 57.1 Å². The Labute approximate surface area is 194 Å². The normalized spacial score (nSPS) is 22.4. The quantitative estimate of drug-likeness (QED) is 0.432. The minimum atomic E-state index is -1.30. The molecule has 0 bridgehead atoms. The third-order valence-corrected chi connectivity index (χ3v) is 7.32. The molecule has 3 aliphatic heterocycles. The number of amides is 2. The second-order valence-electron chi connectivity index (χ2n) is 10.5. The number of carboxylic acid groups (broad SMARTS) is 1. The fourth-order valence-corrected chi connectivity index (χ4v) is 5.11. The molecule has 3 heterocycles. The summed E-state index contributed by atoms with van der Waals surface area (Å²) in [6.45, 7) is 19.2. The van der Waals surface area contributed by atoms with Crippen molar-refractivity contribution in [1.29, 1.82) is 0 Å². The van der Waals surface area contributed by atoms with Gasteiger partial charge in [0.25, 0.3) is 17.5 Å². The summed E-state index contributed by atoms with van der Waals surface area (Å²) in [5, 5.41) is 9.19. The fourth-order valence-electron chi connectivity index (χ4n) is 5.11. The second kappa shape index (κ2) is 7.58. The van der Waals surface area contributed by atoms with Crippen LogP contribution in [0, 0.1) is 6.57 Å². The van der Waals surface area contributed by atoms with E-state index in [1.165, 1.54) is 16.8 Å². The molecule has 7 nitrogen and oxygen atoms in total. The van der Waals surface area contributed by atoms with E-state index in [4.69, 9.17) is 6.57 Å². The molecule has 172 valence electrons. The molecule has 0 atom stereocenters. The molecule has 0 saturated heterocycles. The van der Waals surface area contributed by atoms with Crippen molar-refractivity contribution in [2.24, 2.45) is 0 Å². The molecule has 0 spiro atoms. The molecule has 0 unspecified atom stereocenters. The maximum Gasteiger partial charge on any atom is 0.323 e. The second-order valence-corrected chi connectivity index (χ2v) is 10.5. The maximum atomic E-state index is 13.1. The molecule has 3 aliphatic rings. The van der Waals surface area contributed by atoms with E-state index in [1.807, 2.05) is 0 Å². The molecular weight excluding hydrogens is 418 g/mol. The third kappa shape index (κ3) is 3.64. The van der Waals surface area contributed by atoms with Gasteiger partial charge in [-0.05, 0) is 71.1 Å². The van der Waals surface area contributed by atoms with E-state index in [0.717, 1.165) is 31.5 Å². The van der Waals surface area contributed by atoms with Gasteiger partial charge in [-0.15, -0.1) is 0 Å². The summed E-state index contributed by atoms with van der Waals surface area (Å²) in [5.41, 5.74) is 4.78. The van der Waals surface area contributed by atoms with Gasteiger partial charge in [0.2, 0.25) is 0 Å². The number of hydrogen-bond acceptors (Lipinski definition) is 4. The van der Waals surface area contributed by atoms with Gasteiger partial charge in [0.1, 0.15) is 6.54 Å². The van der Waals surface area contributed by atoms with Gasteiger partial charge in [-0.1, -0.05) is 27.7 Å². The van der Waals surface area contributed by atoms with Crippen molar-refractivity contribution in [3.8, 4) is 0 Å². The minimum absolute atomic E-state index is 0.0308. The molecule has 0 aromatic heterocycles. The fraction of sp³-hybridized carbons (Fsp3) is 0.462. The highest BCUT2D eigenvalue weighted by Gasteiger charge is 2.41. The van der Waals surface area contributed by atoms with Crippen LogP contribution in [0.3, 0.4) is 0 Å². The van der Waals surface area contributed by atoms with Crippen LogP contribution in [0.4, 0.5) is 5.69 Å². The van der Waals surface area contributed by atoms with Crippen molar-refractivity contribution in [2.45, 2.75) is 58.3 Å². The maximum absolute atomic E-state index is 13.1. The largest absolute Gasteiger partial charge is 0.480 e. The molecule has 7 heteroatoms. The zero-order valence-corrected chi connectivity index (χ0v) is 19.8. The van der Waals surface area contributed by atoms with E-state index >= 15 is 0 Å². The topological polar surface area (TPSA) is 82.3 Å². The molecule has 0 radical (unpaired) electrons. The van der Waals surface area contributed by atoms with Gasteiger partial charge in [-0.25, -0.2) is 4.85 Å². The lowest BCUT2D eigenvalue weighted by atomic mass is 9.69. The van der Waals surface area contributed by atoms with E-state index < -0.39 is 24.3 Å². The number of carbonyl (C=O) groups excluding carboxylic acids is 2. The Balaban J connectivity index is 1.93. The summed E-state index contributed by atoms with van der Waals surface area (Å²) in [5.74, 6) is -2.84. The van der Waals surface area contributed by atoms with Gasteiger partial charge in [0, 0.05) is 24.4 Å². The predicted molar refractivity (Wildman–Crippen MR) is 126 cm³/mol. The number of hydrogen-bond donors (Lipinski definition) is 1. The van der Waals surface area contributed by atoms with Crippen molar-refractivity contribution in [2.75, 3.05) is 24.5 Å². The van der Waals surface area contributed by atoms with Gasteiger partial charge in [-0.3, -0.25) is 19.3 Å². The number of benzene rings is 1. The summed E-state index contributed by atoms with van der Waals surface area (Å²) in [4.78, 5) is 43.4. The molecule has 0 aliphatic carbocycles. The Morgan fingerprint density at radius 3 is 2.12 bits per heavy atom. The highest BCUT2D eigenvalue weighted by atomic mass is 16.4. The number of imide groups is 1. The molecule has 1 aromatic carbocycles. The van der Waals surface area contributed by atoms with E-state index in [9.17, 15) is 19.5 Å². The Bertz CT molecular complexity index is 1160. The summed E-state index contributed by atoms with van der Waals surface area (Å²) >= 11 is 0. The van der Waals surface area contributed by atoms with E-state index in [1.54, 1.807) is 13.0 Å². The van der Waals surface area contributed by atoms with Crippen LogP contribution in [0.1, 0.15) is 64.2 Å². The summed E-state index contributed by atoms with van der Waals surface area (Å²) in [7, 11) is 0. The van der Waals surface area contributed by atoms with Crippen molar-refractivity contribution >= 4 is 29.5 Å². The van der Waals surface area contributed by atoms with E-state index in [-0.39, 0.29) is 27.7 Å². The van der Waals surface area contributed by atoms with Crippen molar-refractivity contribution in [3.63, 3.8) is 0 Å². The van der Waals surface area contributed by atoms with Crippen molar-refractivity contribution < 1.29 is 19.5 Å². The number of aliphatic carboxylic acids is 1. The first-order chi connectivity index (χ1) is 15.4. The van der Waals surface area contributed by atoms with E-state index in [0.29, 0.717) is 4.90 Å². The standard InChI is InChI=1S/C26H29N3O4/c1-15-17(23(32)29(14-20(30)31)24(33)21(15)27-6)11-16-12-18-22-19(13-16)26(4,5)8-10-28(22)9-7-25(18,2)3/h11-13H,7-10,14H2,1-5H3,(H,30,31)/b17-11-. The molecule has 1 N–H and O–H groups in total. The molecule has 0 saturated carbocycles. The van der Waals surface area contributed by atoms with Crippen molar-refractivity contribution in [1.82, 2.24) is 4.90 Å². The Morgan fingerprint density at radius 2 is 1.64 bits per heavy atom. The van der Waals surface area contributed by atoms with Crippen LogP contribution in [0.5, 0.6) is 0 Å². The number of nitrogens with zero attached hydrogens (tertiary/aromatic N) is 3. The summed E-state index contributed by atoms with van der Waals surface area (Å²) in [6, 6.07) is 4.21. The SMILES string of the molecule is [C-]#[N+]C1=C(C)/C(=C/c2cc3c4c(c2)C(C)(C)CCN4CCC3(C)C)C(=O)N(CC(=O)O)C1=O. The van der Waals surface area contributed by atoms with Gasteiger partial charge >= 0.3 is 5.97 Å². The molecule has 2 amide bonds. The highest BCUT2D eigenvalue weighted by Crippen LogP contribution is 2.49. The predicted octanol–water partition coefficient (Wildman–Crippen LogP) is 3.89. The Hall–Kier alpha value is -3.40. The van der Waals surface area contributed by atoms with E-state index in [2.05, 4.69) is 49.6 Å². The molecular formula is C26H29N3O4. The monoisotopic (exact) mass is 447 g/mol. The third-order valence-electron chi connectivity index (χ3n) is 7.32. The lowest BCUT2D eigenvalue weighted by Crippen LogP contribution is -2.45. The van der Waals surface area contributed by atoms with Gasteiger partial charge in [0.05, 0.1) is 6.57 Å².